The van der Waals surface area contributed by atoms with E-state index in [0.717, 1.165) is 16.6 Å². The Bertz CT molecular complexity index is 1120. The van der Waals surface area contributed by atoms with Crippen molar-refractivity contribution >= 4 is 50.8 Å². The Morgan fingerprint density at radius 2 is 2.16 bits per heavy atom. The van der Waals surface area contributed by atoms with E-state index in [1.807, 2.05) is 0 Å². The largest absolute Gasteiger partial charge is 0.353 e. The van der Waals surface area contributed by atoms with Crippen molar-refractivity contribution in [2.24, 2.45) is 0 Å². The molecule has 0 radical (unpaired) electrons. The van der Waals surface area contributed by atoms with E-state index in [9.17, 15) is 18.8 Å². The average Bonchev–Trinajstić information content (AvgIpc) is 3.18. The van der Waals surface area contributed by atoms with E-state index in [0.29, 0.717) is 24.5 Å². The van der Waals surface area contributed by atoms with Gasteiger partial charge < -0.3 is 20.4 Å². The number of likely N-dealkylation sites (N-methyl/N-ethyl adjacent to an activating group) is 1. The summed E-state index contributed by atoms with van der Waals surface area (Å²) in [5, 5.41) is 5.56. The van der Waals surface area contributed by atoms with Crippen molar-refractivity contribution in [3.63, 3.8) is 0 Å². The van der Waals surface area contributed by atoms with Crippen LogP contribution >= 0.6 is 15.9 Å². The van der Waals surface area contributed by atoms with Crippen LogP contribution in [0.15, 0.2) is 47.6 Å². The van der Waals surface area contributed by atoms with Gasteiger partial charge >= 0.3 is 0 Å². The predicted octanol–water partition coefficient (Wildman–Crippen LogP) is 2.78. The van der Waals surface area contributed by atoms with Crippen molar-refractivity contribution in [2.45, 2.75) is 12.0 Å². The average molecular weight is 488 g/mol. The molecule has 1 unspecified atom stereocenters. The van der Waals surface area contributed by atoms with Gasteiger partial charge in [-0.05, 0) is 52.7 Å². The zero-order chi connectivity index (χ0) is 22.3. The van der Waals surface area contributed by atoms with Gasteiger partial charge in [0.1, 0.15) is 11.4 Å². The monoisotopic (exact) mass is 487 g/mol. The van der Waals surface area contributed by atoms with E-state index in [4.69, 9.17) is 0 Å². The number of anilines is 3. The van der Waals surface area contributed by atoms with Gasteiger partial charge in [-0.25, -0.2) is 9.37 Å². The van der Waals surface area contributed by atoms with Crippen molar-refractivity contribution in [1.82, 2.24) is 9.88 Å². The summed E-state index contributed by atoms with van der Waals surface area (Å²) in [7, 11) is 1.67. The van der Waals surface area contributed by atoms with Crippen LogP contribution in [-0.2, 0) is 9.59 Å². The summed E-state index contributed by atoms with van der Waals surface area (Å²) in [5.74, 6) is -1.28. The Kier molecular flexibility index (Phi) is 5.26. The summed E-state index contributed by atoms with van der Waals surface area (Å²) in [6.45, 7) is 3.77. The molecule has 4 rings (SSSR count). The number of halogens is 2. The third-order valence-electron chi connectivity index (χ3n) is 5.48. The van der Waals surface area contributed by atoms with Gasteiger partial charge in [0.2, 0.25) is 5.91 Å². The third kappa shape index (κ3) is 3.67. The van der Waals surface area contributed by atoms with Gasteiger partial charge in [0.05, 0.1) is 17.9 Å². The molecule has 1 aromatic heterocycles. The number of likely N-dealkylation sites (tertiary alicyclic amines) is 1. The molecule has 8 nitrogen and oxygen atoms in total. The lowest BCUT2D eigenvalue weighted by molar-refractivity contribution is -0.122. The number of hydrogen-bond donors (Lipinski definition) is 2. The minimum Gasteiger partial charge on any atom is -0.353 e. The second-order valence-electron chi connectivity index (χ2n) is 7.46. The molecule has 3 heterocycles. The van der Waals surface area contributed by atoms with Gasteiger partial charge in [0, 0.05) is 29.8 Å². The Hall–Kier alpha value is -3.27. The van der Waals surface area contributed by atoms with E-state index in [2.05, 4.69) is 38.1 Å². The topological polar surface area (TPSA) is 94.6 Å². The molecule has 1 fully saturated rings. The summed E-state index contributed by atoms with van der Waals surface area (Å²) in [6.07, 6.45) is 3.06. The van der Waals surface area contributed by atoms with E-state index in [1.54, 1.807) is 19.3 Å². The standard InChI is InChI=1S/C21H19BrFN5O3/c1-3-17(29)25-15-5-4-12(8-14(15)23)19(30)28-7-6-21(11-28)20(31)27(2)16-9-13(22)10-24-18(16)26-21/h3-5,8-10H,1,6-7,11H2,2H3,(H,24,26)(H,25,29). The molecule has 0 bridgehead atoms. The number of hydrogen-bond acceptors (Lipinski definition) is 5. The van der Waals surface area contributed by atoms with Crippen molar-refractivity contribution < 1.29 is 18.8 Å². The molecule has 2 N–H and O–H groups in total. The minimum absolute atomic E-state index is 0.0427. The lowest BCUT2D eigenvalue weighted by Gasteiger charge is -2.39. The van der Waals surface area contributed by atoms with Crippen LogP contribution < -0.4 is 15.5 Å². The fraction of sp³-hybridized carbons (Fsp3) is 0.238. The Morgan fingerprint density at radius 1 is 1.39 bits per heavy atom. The zero-order valence-corrected chi connectivity index (χ0v) is 18.2. The Labute approximate surface area is 186 Å². The number of amides is 3. The van der Waals surface area contributed by atoms with Crippen LogP contribution in [0.3, 0.4) is 0 Å². The Balaban J connectivity index is 1.55. The molecule has 1 spiro atoms. The second-order valence-corrected chi connectivity index (χ2v) is 8.37. The first-order chi connectivity index (χ1) is 14.7. The first-order valence-corrected chi connectivity index (χ1v) is 10.3. The van der Waals surface area contributed by atoms with Crippen LogP contribution in [0.2, 0.25) is 0 Å². The molecule has 1 aromatic carbocycles. The lowest BCUT2D eigenvalue weighted by atomic mass is 9.94. The molecule has 160 valence electrons. The van der Waals surface area contributed by atoms with Gasteiger partial charge in [-0.3, -0.25) is 14.4 Å². The highest BCUT2D eigenvalue weighted by Gasteiger charge is 2.51. The Morgan fingerprint density at radius 3 is 2.87 bits per heavy atom. The summed E-state index contributed by atoms with van der Waals surface area (Å²) in [5.41, 5.74) is -0.257. The molecule has 31 heavy (non-hydrogen) atoms. The van der Waals surface area contributed by atoms with Gasteiger partial charge in [-0.2, -0.15) is 0 Å². The molecule has 1 atom stereocenters. The number of nitrogens with one attached hydrogen (secondary N) is 2. The van der Waals surface area contributed by atoms with E-state index in [1.165, 1.54) is 21.9 Å². The van der Waals surface area contributed by atoms with Gasteiger partial charge in [-0.1, -0.05) is 6.58 Å². The number of carbonyl (C=O) groups is 3. The van der Waals surface area contributed by atoms with Crippen molar-refractivity contribution in [1.29, 1.82) is 0 Å². The van der Waals surface area contributed by atoms with Crippen LogP contribution in [0.25, 0.3) is 0 Å². The van der Waals surface area contributed by atoms with Crippen LogP contribution in [0.5, 0.6) is 0 Å². The second kappa shape index (κ2) is 7.77. The number of fused-ring (bicyclic) bond motifs is 1. The third-order valence-corrected chi connectivity index (χ3v) is 5.92. The van der Waals surface area contributed by atoms with Crippen molar-refractivity contribution in [2.75, 3.05) is 35.7 Å². The van der Waals surface area contributed by atoms with Gasteiger partial charge in [0.25, 0.3) is 11.8 Å². The molecule has 0 saturated carbocycles. The highest BCUT2D eigenvalue weighted by atomic mass is 79.9. The normalized spacial score (nSPS) is 19.8. The van der Waals surface area contributed by atoms with E-state index >= 15 is 0 Å². The quantitative estimate of drug-likeness (QED) is 0.649. The SMILES string of the molecule is C=CC(=O)Nc1ccc(C(=O)N2CCC3(C2)Nc2ncc(Br)cc2N(C)C3=O)cc1F. The maximum Gasteiger partial charge on any atom is 0.254 e. The summed E-state index contributed by atoms with van der Waals surface area (Å²) in [4.78, 5) is 44.9. The number of pyridine rings is 1. The van der Waals surface area contributed by atoms with Crippen LogP contribution in [0.4, 0.5) is 21.6 Å². The van der Waals surface area contributed by atoms with E-state index < -0.39 is 23.2 Å². The highest BCUT2D eigenvalue weighted by Crippen LogP contribution is 2.39. The highest BCUT2D eigenvalue weighted by molar-refractivity contribution is 9.10. The van der Waals surface area contributed by atoms with Crippen LogP contribution in [0, 0.1) is 5.82 Å². The van der Waals surface area contributed by atoms with Crippen molar-refractivity contribution in [3.8, 4) is 0 Å². The predicted molar refractivity (Wildman–Crippen MR) is 117 cm³/mol. The molecular weight excluding hydrogens is 469 g/mol. The number of carbonyl (C=O) groups excluding carboxylic acids is 3. The van der Waals surface area contributed by atoms with Gasteiger partial charge in [-0.15, -0.1) is 0 Å². The molecular formula is C21H19BrFN5O3. The van der Waals surface area contributed by atoms with Crippen LogP contribution in [0.1, 0.15) is 16.8 Å². The lowest BCUT2D eigenvalue weighted by Crippen LogP contribution is -2.58. The summed E-state index contributed by atoms with van der Waals surface area (Å²) < 4.78 is 15.1. The summed E-state index contributed by atoms with van der Waals surface area (Å²) >= 11 is 3.36. The smallest absolute Gasteiger partial charge is 0.254 e. The molecule has 10 heteroatoms. The molecule has 1 saturated heterocycles. The maximum absolute atomic E-state index is 14.3. The molecule has 0 aliphatic carbocycles. The first-order valence-electron chi connectivity index (χ1n) is 9.48. The number of rotatable bonds is 3. The maximum atomic E-state index is 14.3. The van der Waals surface area contributed by atoms with E-state index in [-0.39, 0.29) is 23.7 Å². The number of nitrogens with zero attached hydrogens (tertiary/aromatic N) is 3. The van der Waals surface area contributed by atoms with Gasteiger partial charge in [0.15, 0.2) is 5.82 Å². The minimum atomic E-state index is -0.991. The summed E-state index contributed by atoms with van der Waals surface area (Å²) in [6, 6.07) is 5.63. The zero-order valence-electron chi connectivity index (χ0n) is 16.6. The first kappa shape index (κ1) is 21.0. The molecule has 2 aliphatic rings. The van der Waals surface area contributed by atoms with Crippen molar-refractivity contribution in [3.05, 3.63) is 59.0 Å². The number of aromatic nitrogens is 1. The number of benzene rings is 1. The molecule has 3 amide bonds. The van der Waals surface area contributed by atoms with Crippen LogP contribution in [-0.4, -0.2) is 53.3 Å². The molecule has 2 aromatic rings. The fourth-order valence-electron chi connectivity index (χ4n) is 3.87. The molecule has 2 aliphatic heterocycles. The fourth-order valence-corrected chi connectivity index (χ4v) is 4.19.